The Balaban J connectivity index is 1.62. The zero-order valence-electron chi connectivity index (χ0n) is 12.1. The lowest BCUT2D eigenvalue weighted by Crippen LogP contribution is -2.18. The van der Waals surface area contributed by atoms with Gasteiger partial charge in [-0.3, -0.25) is 4.79 Å². The number of fused-ring (bicyclic) bond motifs is 1. The third-order valence-corrected chi connectivity index (χ3v) is 3.65. The average Bonchev–Trinajstić information content (AvgIpc) is 2.87. The number of amides is 1. The van der Waals surface area contributed by atoms with Crippen LogP contribution in [0, 0.1) is 0 Å². The van der Waals surface area contributed by atoms with Crippen molar-refractivity contribution in [2.75, 3.05) is 11.9 Å². The van der Waals surface area contributed by atoms with Gasteiger partial charge in [0, 0.05) is 10.6 Å². The molecule has 3 rings (SSSR count). The van der Waals surface area contributed by atoms with Gasteiger partial charge in [-0.25, -0.2) is 4.79 Å². The van der Waals surface area contributed by atoms with Gasteiger partial charge >= 0.3 is 5.97 Å². The van der Waals surface area contributed by atoms with Crippen LogP contribution < -0.4 is 10.1 Å². The summed E-state index contributed by atoms with van der Waals surface area (Å²) in [7, 11) is 0. The van der Waals surface area contributed by atoms with E-state index in [0.717, 1.165) is 0 Å². The van der Waals surface area contributed by atoms with Gasteiger partial charge in [0.15, 0.2) is 12.3 Å². The topological polar surface area (TPSA) is 77.0 Å². The first kappa shape index (κ1) is 16.3. The number of ether oxygens (including phenoxy) is 1. The van der Waals surface area contributed by atoms with E-state index >= 15 is 0 Å². The molecular formula is C16H10Cl2N2O4. The minimum Gasteiger partial charge on any atom is -0.480 e. The molecule has 0 aliphatic carbocycles. The van der Waals surface area contributed by atoms with E-state index in [1.54, 1.807) is 30.3 Å². The van der Waals surface area contributed by atoms with Crippen molar-refractivity contribution in [1.29, 1.82) is 0 Å². The maximum absolute atomic E-state index is 11.8. The van der Waals surface area contributed by atoms with Gasteiger partial charge in [-0.2, -0.15) is 0 Å². The Hall–Kier alpha value is -2.57. The molecule has 1 N–H and O–H groups in total. The minimum atomic E-state index is -0.773. The molecule has 0 bridgehead atoms. The Labute approximate surface area is 146 Å². The molecule has 0 atom stereocenters. The van der Waals surface area contributed by atoms with Crippen LogP contribution in [0.1, 0.15) is 5.56 Å². The van der Waals surface area contributed by atoms with Crippen molar-refractivity contribution in [3.8, 4) is 5.75 Å². The number of anilines is 1. The summed E-state index contributed by atoms with van der Waals surface area (Å²) >= 11 is 11.7. The standard InChI is InChI=1S/C16H10Cl2N2O4/c17-9-5-6-13(11(18)7-9)23-8-14(21)24-20-15-10-3-1-2-4-12(10)19-16(15)22/h1-7H,8H2,(H,19,20,22). The Morgan fingerprint density at radius 1 is 1.17 bits per heavy atom. The van der Waals surface area contributed by atoms with E-state index < -0.39 is 18.5 Å². The average molecular weight is 365 g/mol. The molecule has 1 aliphatic heterocycles. The number of hydrogen-bond acceptors (Lipinski definition) is 5. The Bertz CT molecular complexity index is 852. The van der Waals surface area contributed by atoms with Crippen LogP contribution in [0.5, 0.6) is 5.75 Å². The number of hydrogen-bond donors (Lipinski definition) is 1. The van der Waals surface area contributed by atoms with Crippen LogP contribution in [-0.4, -0.2) is 24.2 Å². The fourth-order valence-electron chi connectivity index (χ4n) is 2.04. The summed E-state index contributed by atoms with van der Waals surface area (Å²) in [6, 6.07) is 11.6. The summed E-state index contributed by atoms with van der Waals surface area (Å²) in [5, 5.41) is 6.96. The first-order valence-corrected chi connectivity index (χ1v) is 7.56. The number of carbonyl (C=O) groups excluding carboxylic acids is 2. The van der Waals surface area contributed by atoms with Crippen molar-refractivity contribution in [1.82, 2.24) is 0 Å². The molecule has 2 aromatic rings. The highest BCUT2D eigenvalue weighted by atomic mass is 35.5. The largest absolute Gasteiger partial charge is 0.480 e. The van der Waals surface area contributed by atoms with Crippen LogP contribution in [0.4, 0.5) is 5.69 Å². The summed E-state index contributed by atoms with van der Waals surface area (Å²) < 4.78 is 5.23. The third-order valence-electron chi connectivity index (χ3n) is 3.12. The van der Waals surface area contributed by atoms with Gasteiger partial charge in [-0.1, -0.05) is 46.6 Å². The molecule has 0 saturated carbocycles. The van der Waals surface area contributed by atoms with Crippen molar-refractivity contribution >= 4 is 46.5 Å². The highest BCUT2D eigenvalue weighted by Gasteiger charge is 2.26. The maximum atomic E-state index is 11.8. The summed E-state index contributed by atoms with van der Waals surface area (Å²) in [5.41, 5.74) is 1.21. The second-order valence-corrected chi connectivity index (χ2v) is 5.61. The van der Waals surface area contributed by atoms with E-state index in [1.165, 1.54) is 12.1 Å². The zero-order chi connectivity index (χ0) is 17.1. The minimum absolute atomic E-state index is 0.0310. The van der Waals surface area contributed by atoms with Gasteiger partial charge < -0.3 is 14.9 Å². The first-order valence-electron chi connectivity index (χ1n) is 6.81. The number of rotatable bonds is 4. The molecule has 0 aromatic heterocycles. The van der Waals surface area contributed by atoms with Gasteiger partial charge in [0.2, 0.25) is 0 Å². The highest BCUT2D eigenvalue weighted by molar-refractivity contribution is 6.53. The summed E-state index contributed by atoms with van der Waals surface area (Å²) in [6.07, 6.45) is 0. The number of oxime groups is 1. The number of benzene rings is 2. The number of para-hydroxylation sites is 1. The van der Waals surface area contributed by atoms with Crippen molar-refractivity contribution in [3.05, 3.63) is 58.1 Å². The number of nitrogens with one attached hydrogen (secondary N) is 1. The first-order chi connectivity index (χ1) is 11.5. The number of nitrogens with zero attached hydrogens (tertiary/aromatic N) is 1. The van der Waals surface area contributed by atoms with E-state index in [1.807, 2.05) is 0 Å². The van der Waals surface area contributed by atoms with Gasteiger partial charge in [-0.15, -0.1) is 0 Å². The third kappa shape index (κ3) is 3.50. The molecular weight excluding hydrogens is 355 g/mol. The smallest absolute Gasteiger partial charge is 0.372 e. The summed E-state index contributed by atoms with van der Waals surface area (Å²) in [5.74, 6) is -0.925. The number of carbonyl (C=O) groups is 2. The molecule has 1 amide bonds. The zero-order valence-corrected chi connectivity index (χ0v) is 13.6. The van der Waals surface area contributed by atoms with Crippen LogP contribution in [-0.2, 0) is 14.4 Å². The quantitative estimate of drug-likeness (QED) is 0.667. The van der Waals surface area contributed by atoms with Crippen molar-refractivity contribution in [2.24, 2.45) is 5.16 Å². The monoisotopic (exact) mass is 364 g/mol. The molecule has 1 heterocycles. The molecule has 1 aliphatic rings. The van der Waals surface area contributed by atoms with Gasteiger partial charge in [0.1, 0.15) is 5.75 Å². The van der Waals surface area contributed by atoms with E-state index in [0.29, 0.717) is 16.3 Å². The lowest BCUT2D eigenvalue weighted by atomic mass is 10.1. The highest BCUT2D eigenvalue weighted by Crippen LogP contribution is 2.27. The van der Waals surface area contributed by atoms with Crippen molar-refractivity contribution < 1.29 is 19.2 Å². The Morgan fingerprint density at radius 3 is 2.75 bits per heavy atom. The molecule has 0 fully saturated rings. The molecule has 0 saturated heterocycles. The lowest BCUT2D eigenvalue weighted by Gasteiger charge is -2.06. The van der Waals surface area contributed by atoms with Gasteiger partial charge in [-0.05, 0) is 24.3 Å². The van der Waals surface area contributed by atoms with Crippen LogP contribution in [0.2, 0.25) is 10.0 Å². The fourth-order valence-corrected chi connectivity index (χ4v) is 2.51. The molecule has 0 radical (unpaired) electrons. The van der Waals surface area contributed by atoms with Crippen LogP contribution in [0.15, 0.2) is 47.6 Å². The van der Waals surface area contributed by atoms with Crippen LogP contribution >= 0.6 is 23.2 Å². The number of halogens is 2. The maximum Gasteiger partial charge on any atom is 0.372 e. The Morgan fingerprint density at radius 2 is 1.96 bits per heavy atom. The summed E-state index contributed by atoms with van der Waals surface area (Å²) in [6.45, 7) is -0.415. The predicted octanol–water partition coefficient (Wildman–Crippen LogP) is 3.27. The SMILES string of the molecule is O=C(COc1ccc(Cl)cc1Cl)ON=C1C(=O)Nc2ccccc21. The molecule has 0 unspecified atom stereocenters. The van der Waals surface area contributed by atoms with Gasteiger partial charge in [0.05, 0.1) is 10.7 Å². The van der Waals surface area contributed by atoms with Crippen molar-refractivity contribution in [2.45, 2.75) is 0 Å². The van der Waals surface area contributed by atoms with Gasteiger partial charge in [0.25, 0.3) is 5.91 Å². The molecule has 24 heavy (non-hydrogen) atoms. The van der Waals surface area contributed by atoms with Crippen LogP contribution in [0.3, 0.4) is 0 Å². The molecule has 6 nitrogen and oxygen atoms in total. The lowest BCUT2D eigenvalue weighted by molar-refractivity contribution is -0.146. The van der Waals surface area contributed by atoms with E-state index in [9.17, 15) is 9.59 Å². The Kier molecular flexibility index (Phi) is 4.69. The molecule has 122 valence electrons. The normalized spacial score (nSPS) is 14.2. The van der Waals surface area contributed by atoms with E-state index in [4.69, 9.17) is 32.8 Å². The summed E-state index contributed by atoms with van der Waals surface area (Å²) in [4.78, 5) is 28.3. The molecule has 8 heteroatoms. The van der Waals surface area contributed by atoms with Crippen molar-refractivity contribution in [3.63, 3.8) is 0 Å². The molecule has 2 aromatic carbocycles. The molecule has 0 spiro atoms. The fraction of sp³-hybridized carbons (Fsp3) is 0.0625. The predicted molar refractivity (Wildman–Crippen MR) is 89.7 cm³/mol. The van der Waals surface area contributed by atoms with E-state index in [2.05, 4.69) is 10.5 Å². The van der Waals surface area contributed by atoms with Crippen LogP contribution in [0.25, 0.3) is 0 Å². The van der Waals surface area contributed by atoms with E-state index in [-0.39, 0.29) is 16.5 Å². The second kappa shape index (κ2) is 6.90. The second-order valence-electron chi connectivity index (χ2n) is 4.77.